The predicted molar refractivity (Wildman–Crippen MR) is 34.7 cm³/mol. The molecule has 0 fully saturated rings. The molecule has 0 amide bonds. The van der Waals surface area contributed by atoms with Gasteiger partial charge in [-0.1, -0.05) is 22.6 Å². The number of alkyl halides is 5. The van der Waals surface area contributed by atoms with E-state index in [-0.39, 0.29) is 0 Å². The summed E-state index contributed by atoms with van der Waals surface area (Å²) in [4.78, 5) is 9.90. The Hall–Kier alpha value is 0.480. The van der Waals surface area contributed by atoms with E-state index in [1.807, 2.05) is 0 Å². The van der Waals surface area contributed by atoms with Gasteiger partial charge in [-0.05, 0) is 0 Å². The van der Waals surface area contributed by atoms with E-state index in [1.54, 1.807) is 0 Å². The molecule has 1 nitrogen and oxygen atoms in total. The topological polar surface area (TPSA) is 17.1 Å². The molecule has 0 saturated carbocycles. The molecule has 0 bridgehead atoms. The Kier molecular flexibility index (Phi) is 3.21. The van der Waals surface area contributed by atoms with Crippen LogP contribution in [0.4, 0.5) is 13.2 Å². The van der Waals surface area contributed by atoms with Gasteiger partial charge >= 0.3 is 6.18 Å². The van der Waals surface area contributed by atoms with Crippen LogP contribution in [0.5, 0.6) is 0 Å². The first-order valence-corrected chi connectivity index (χ1v) is 3.43. The van der Waals surface area contributed by atoms with Gasteiger partial charge in [0.2, 0.25) is 0 Å². The second-order valence-corrected chi connectivity index (χ2v) is 3.58. The van der Waals surface area contributed by atoms with Crippen LogP contribution in [0.15, 0.2) is 0 Å². The summed E-state index contributed by atoms with van der Waals surface area (Å²) in [5.74, 6) is -1.91. The standard InChI is InChI=1S/C3HClF3IO/c4-2(8)1(9)3(5,6)7/h2H. The molecule has 6 heteroatoms. The number of Topliss-reactive ketones (excluding diaryl/α,β-unsaturated/α-hetero) is 1. The van der Waals surface area contributed by atoms with E-state index in [1.165, 1.54) is 22.6 Å². The van der Waals surface area contributed by atoms with Crippen molar-refractivity contribution in [1.29, 1.82) is 0 Å². The highest BCUT2D eigenvalue weighted by molar-refractivity contribution is 14.1. The number of hydrogen-bond acceptors (Lipinski definition) is 1. The minimum absolute atomic E-state index is 1.19. The Balaban J connectivity index is 4.06. The number of carbonyl (C=O) groups is 1. The first kappa shape index (κ1) is 9.48. The Labute approximate surface area is 67.7 Å². The van der Waals surface area contributed by atoms with Crippen molar-refractivity contribution in [3.8, 4) is 0 Å². The highest BCUT2D eigenvalue weighted by Gasteiger charge is 2.41. The highest BCUT2D eigenvalue weighted by atomic mass is 127. The van der Waals surface area contributed by atoms with Crippen LogP contribution in [-0.4, -0.2) is 15.3 Å². The van der Waals surface area contributed by atoms with Crippen molar-refractivity contribution >= 4 is 40.0 Å². The molecule has 0 aliphatic heterocycles. The lowest BCUT2D eigenvalue weighted by atomic mass is 10.4. The maximum atomic E-state index is 11.3. The van der Waals surface area contributed by atoms with Gasteiger partial charge in [-0.25, -0.2) is 0 Å². The third kappa shape index (κ3) is 3.24. The monoisotopic (exact) mass is 272 g/mol. The summed E-state index contributed by atoms with van der Waals surface area (Å²) in [5, 5.41) is 0. The summed E-state index contributed by atoms with van der Waals surface area (Å²) in [5.41, 5.74) is 0. The van der Waals surface area contributed by atoms with E-state index < -0.39 is 15.3 Å². The van der Waals surface area contributed by atoms with Crippen molar-refractivity contribution in [3.05, 3.63) is 0 Å². The SMILES string of the molecule is O=C(C(Cl)I)C(F)(F)F. The zero-order chi connectivity index (χ0) is 7.65. The Morgan fingerprint density at radius 2 is 1.89 bits per heavy atom. The lowest BCUT2D eigenvalue weighted by molar-refractivity contribution is -0.168. The molecule has 0 N–H and O–H groups in total. The molecule has 0 rings (SSSR count). The van der Waals surface area contributed by atoms with Crippen LogP contribution in [0.3, 0.4) is 0 Å². The maximum absolute atomic E-state index is 11.3. The molecule has 0 aromatic carbocycles. The Morgan fingerprint density at radius 1 is 1.56 bits per heavy atom. The van der Waals surface area contributed by atoms with E-state index in [0.29, 0.717) is 0 Å². The van der Waals surface area contributed by atoms with Gasteiger partial charge in [0.25, 0.3) is 5.78 Å². The van der Waals surface area contributed by atoms with Crippen molar-refractivity contribution < 1.29 is 18.0 Å². The summed E-state index contributed by atoms with van der Waals surface area (Å²) in [6.45, 7) is 0. The minimum atomic E-state index is -4.80. The lowest BCUT2D eigenvalue weighted by Gasteiger charge is -2.03. The first-order chi connectivity index (χ1) is 3.85. The van der Waals surface area contributed by atoms with Crippen molar-refractivity contribution in [2.75, 3.05) is 0 Å². The molecule has 0 heterocycles. The van der Waals surface area contributed by atoms with E-state index in [2.05, 4.69) is 0 Å². The van der Waals surface area contributed by atoms with E-state index in [0.717, 1.165) is 0 Å². The summed E-state index contributed by atoms with van der Waals surface area (Å²) in [6.07, 6.45) is -4.80. The Morgan fingerprint density at radius 3 is 1.89 bits per heavy atom. The molecule has 0 aromatic rings. The van der Waals surface area contributed by atoms with E-state index in [4.69, 9.17) is 11.6 Å². The van der Waals surface area contributed by atoms with Gasteiger partial charge in [-0.3, -0.25) is 4.79 Å². The number of rotatable bonds is 1. The molecule has 0 spiro atoms. The number of ketones is 1. The van der Waals surface area contributed by atoms with Crippen LogP contribution >= 0.6 is 34.2 Å². The van der Waals surface area contributed by atoms with Crippen LogP contribution in [0.1, 0.15) is 0 Å². The zero-order valence-electron chi connectivity index (χ0n) is 3.88. The van der Waals surface area contributed by atoms with Gasteiger partial charge < -0.3 is 0 Å². The van der Waals surface area contributed by atoms with Crippen LogP contribution in [-0.2, 0) is 4.79 Å². The lowest BCUT2D eigenvalue weighted by Crippen LogP contribution is -2.27. The molecule has 54 valence electrons. The average molecular weight is 272 g/mol. The van der Waals surface area contributed by atoms with Crippen LogP contribution in [0, 0.1) is 0 Å². The quantitative estimate of drug-likeness (QED) is 0.528. The molecule has 9 heavy (non-hydrogen) atoms. The van der Waals surface area contributed by atoms with Crippen molar-refractivity contribution in [3.63, 3.8) is 0 Å². The molecule has 0 aliphatic rings. The largest absolute Gasteiger partial charge is 0.452 e. The fraction of sp³-hybridized carbons (Fsp3) is 0.667. The Bertz CT molecular complexity index is 121. The summed E-state index contributed by atoms with van der Waals surface area (Å²) in [7, 11) is 0. The van der Waals surface area contributed by atoms with Gasteiger partial charge in [0.15, 0.2) is 3.38 Å². The summed E-state index contributed by atoms with van der Waals surface area (Å²) in [6, 6.07) is 0. The van der Waals surface area contributed by atoms with E-state index >= 15 is 0 Å². The molecule has 0 aromatic heterocycles. The third-order valence-corrected chi connectivity index (χ3v) is 1.24. The van der Waals surface area contributed by atoms with Gasteiger partial charge in [-0.15, -0.1) is 11.6 Å². The fourth-order valence-corrected chi connectivity index (χ4v) is 0.601. The van der Waals surface area contributed by atoms with Crippen LogP contribution in [0.25, 0.3) is 0 Å². The predicted octanol–water partition coefficient (Wildman–Crippen LogP) is 2.12. The molecule has 1 atom stereocenters. The molecule has 1 unspecified atom stereocenters. The number of halogens is 5. The van der Waals surface area contributed by atoms with E-state index in [9.17, 15) is 18.0 Å². The number of hydrogen-bond donors (Lipinski definition) is 0. The molecular weight excluding hydrogens is 271 g/mol. The zero-order valence-corrected chi connectivity index (χ0v) is 6.79. The van der Waals surface area contributed by atoms with Gasteiger partial charge in [0.05, 0.1) is 0 Å². The summed E-state index contributed by atoms with van der Waals surface area (Å²) >= 11 is 6.02. The molecular formula is C3HClF3IO. The first-order valence-electron chi connectivity index (χ1n) is 1.75. The van der Waals surface area contributed by atoms with Crippen molar-refractivity contribution in [1.82, 2.24) is 0 Å². The van der Waals surface area contributed by atoms with Gasteiger partial charge in [0, 0.05) is 0 Å². The van der Waals surface area contributed by atoms with Crippen molar-refractivity contribution in [2.45, 2.75) is 9.56 Å². The van der Waals surface area contributed by atoms with Crippen LogP contribution < -0.4 is 0 Å². The van der Waals surface area contributed by atoms with Crippen molar-refractivity contribution in [2.24, 2.45) is 0 Å². The molecule has 0 radical (unpaired) electrons. The normalized spacial score (nSPS) is 15.2. The second-order valence-electron chi connectivity index (χ2n) is 1.16. The van der Waals surface area contributed by atoms with Gasteiger partial charge in [-0.2, -0.15) is 13.2 Å². The average Bonchev–Trinajstić information content (AvgIpc) is 1.62. The minimum Gasteiger partial charge on any atom is -0.287 e. The van der Waals surface area contributed by atoms with Gasteiger partial charge in [0.1, 0.15) is 0 Å². The fourth-order valence-electron chi connectivity index (χ4n) is 0.124. The molecule has 0 saturated heterocycles. The third-order valence-electron chi connectivity index (χ3n) is 0.478. The maximum Gasteiger partial charge on any atom is 0.452 e. The van der Waals surface area contributed by atoms with Crippen LogP contribution in [0.2, 0.25) is 0 Å². The summed E-state index contributed by atoms with van der Waals surface area (Å²) < 4.78 is 32.3. The molecule has 0 aliphatic carbocycles. The smallest absolute Gasteiger partial charge is 0.287 e. The number of carbonyl (C=O) groups excluding carboxylic acids is 1. The highest BCUT2D eigenvalue weighted by Crippen LogP contribution is 2.23. The second kappa shape index (κ2) is 3.05.